The van der Waals surface area contributed by atoms with Crippen LogP contribution in [0.1, 0.15) is 23.2 Å². The van der Waals surface area contributed by atoms with Crippen molar-refractivity contribution in [3.8, 4) is 0 Å². The van der Waals surface area contributed by atoms with E-state index in [4.69, 9.17) is 10.8 Å². The topological polar surface area (TPSA) is 66.6 Å². The standard InChI is InChI=1S/C11H13FN2O2/c1-14(6-2-3-6)10-5-8(12)7(11(15)16)4-9(10)13/h4-6H,2-3,13H2,1H3,(H,15,16). The molecule has 0 bridgehead atoms. The van der Waals surface area contributed by atoms with Crippen LogP contribution in [0.25, 0.3) is 0 Å². The van der Waals surface area contributed by atoms with Crippen molar-refractivity contribution in [1.29, 1.82) is 0 Å². The van der Waals surface area contributed by atoms with Gasteiger partial charge in [-0.1, -0.05) is 0 Å². The highest BCUT2D eigenvalue weighted by Crippen LogP contribution is 2.34. The fourth-order valence-corrected chi connectivity index (χ4v) is 1.71. The lowest BCUT2D eigenvalue weighted by Gasteiger charge is -2.21. The lowest BCUT2D eigenvalue weighted by Crippen LogP contribution is -2.21. The highest BCUT2D eigenvalue weighted by atomic mass is 19.1. The number of nitrogens with two attached hydrogens (primary N) is 1. The van der Waals surface area contributed by atoms with Gasteiger partial charge in [0.1, 0.15) is 5.82 Å². The zero-order valence-corrected chi connectivity index (χ0v) is 8.90. The molecule has 86 valence electrons. The van der Waals surface area contributed by atoms with Gasteiger partial charge in [0.25, 0.3) is 0 Å². The van der Waals surface area contributed by atoms with Crippen LogP contribution in [0.4, 0.5) is 15.8 Å². The van der Waals surface area contributed by atoms with Gasteiger partial charge in [-0.2, -0.15) is 0 Å². The molecule has 0 radical (unpaired) electrons. The molecular weight excluding hydrogens is 211 g/mol. The molecular formula is C11H13FN2O2. The molecule has 2 rings (SSSR count). The summed E-state index contributed by atoms with van der Waals surface area (Å²) in [7, 11) is 1.84. The van der Waals surface area contributed by atoms with E-state index in [-0.39, 0.29) is 5.56 Å². The molecule has 5 heteroatoms. The van der Waals surface area contributed by atoms with Crippen molar-refractivity contribution in [3.63, 3.8) is 0 Å². The second kappa shape index (κ2) is 3.66. The fraction of sp³-hybridized carbons (Fsp3) is 0.364. The minimum absolute atomic E-state index is 0.299. The molecule has 0 saturated heterocycles. The van der Waals surface area contributed by atoms with Crippen LogP contribution >= 0.6 is 0 Å². The molecule has 0 unspecified atom stereocenters. The maximum absolute atomic E-state index is 13.5. The fourth-order valence-electron chi connectivity index (χ4n) is 1.71. The molecule has 1 aliphatic rings. The van der Waals surface area contributed by atoms with E-state index in [1.165, 1.54) is 12.1 Å². The maximum atomic E-state index is 13.5. The van der Waals surface area contributed by atoms with E-state index >= 15 is 0 Å². The molecule has 1 aliphatic carbocycles. The largest absolute Gasteiger partial charge is 0.478 e. The predicted molar refractivity (Wildman–Crippen MR) is 59.2 cm³/mol. The molecule has 1 fully saturated rings. The summed E-state index contributed by atoms with van der Waals surface area (Å²) >= 11 is 0. The number of benzene rings is 1. The lowest BCUT2D eigenvalue weighted by molar-refractivity contribution is 0.0692. The number of carbonyl (C=O) groups is 1. The Labute approximate surface area is 92.5 Å². The van der Waals surface area contributed by atoms with E-state index < -0.39 is 11.8 Å². The third-order valence-corrected chi connectivity index (χ3v) is 2.82. The monoisotopic (exact) mass is 224 g/mol. The minimum Gasteiger partial charge on any atom is -0.478 e. The third-order valence-electron chi connectivity index (χ3n) is 2.82. The molecule has 16 heavy (non-hydrogen) atoms. The van der Waals surface area contributed by atoms with E-state index in [0.29, 0.717) is 17.4 Å². The van der Waals surface area contributed by atoms with Crippen molar-refractivity contribution in [2.45, 2.75) is 18.9 Å². The Morgan fingerprint density at radius 1 is 1.56 bits per heavy atom. The van der Waals surface area contributed by atoms with Crippen LogP contribution in [-0.4, -0.2) is 24.2 Å². The average Bonchev–Trinajstić information content (AvgIpc) is 3.03. The number of carboxylic acid groups (broad SMARTS) is 1. The Bertz CT molecular complexity index is 444. The smallest absolute Gasteiger partial charge is 0.338 e. The first-order chi connectivity index (χ1) is 7.50. The van der Waals surface area contributed by atoms with Crippen molar-refractivity contribution >= 4 is 17.3 Å². The second-order valence-corrected chi connectivity index (χ2v) is 4.04. The molecule has 3 N–H and O–H groups in total. The van der Waals surface area contributed by atoms with E-state index in [0.717, 1.165) is 12.8 Å². The Hall–Kier alpha value is -1.78. The van der Waals surface area contributed by atoms with Gasteiger partial charge >= 0.3 is 5.97 Å². The molecule has 0 aliphatic heterocycles. The number of anilines is 2. The van der Waals surface area contributed by atoms with Crippen molar-refractivity contribution in [2.75, 3.05) is 17.7 Å². The van der Waals surface area contributed by atoms with Gasteiger partial charge < -0.3 is 15.7 Å². The summed E-state index contributed by atoms with van der Waals surface area (Å²) in [6, 6.07) is 2.76. The summed E-state index contributed by atoms with van der Waals surface area (Å²) in [5, 5.41) is 8.73. The van der Waals surface area contributed by atoms with Gasteiger partial charge in [0.2, 0.25) is 0 Å². The first-order valence-corrected chi connectivity index (χ1v) is 5.06. The number of nitrogen functional groups attached to an aromatic ring is 1. The van der Waals surface area contributed by atoms with Gasteiger partial charge in [-0.25, -0.2) is 9.18 Å². The molecule has 0 spiro atoms. The molecule has 4 nitrogen and oxygen atoms in total. The Morgan fingerprint density at radius 2 is 2.19 bits per heavy atom. The Balaban J connectivity index is 2.40. The normalized spacial score (nSPS) is 14.9. The van der Waals surface area contributed by atoms with E-state index in [2.05, 4.69) is 0 Å². The van der Waals surface area contributed by atoms with E-state index in [9.17, 15) is 9.18 Å². The molecule has 1 aromatic rings. The number of nitrogens with zero attached hydrogens (tertiary/aromatic N) is 1. The van der Waals surface area contributed by atoms with Gasteiger partial charge in [0.05, 0.1) is 16.9 Å². The number of rotatable bonds is 3. The van der Waals surface area contributed by atoms with E-state index in [1.54, 1.807) is 0 Å². The maximum Gasteiger partial charge on any atom is 0.338 e. The summed E-state index contributed by atoms with van der Waals surface area (Å²) in [6.07, 6.45) is 2.14. The average molecular weight is 224 g/mol. The highest BCUT2D eigenvalue weighted by Gasteiger charge is 2.28. The number of halogens is 1. The second-order valence-electron chi connectivity index (χ2n) is 4.04. The van der Waals surface area contributed by atoms with Crippen LogP contribution in [-0.2, 0) is 0 Å². The third kappa shape index (κ3) is 1.80. The van der Waals surface area contributed by atoms with Crippen LogP contribution in [0.3, 0.4) is 0 Å². The summed E-state index contributed by atoms with van der Waals surface area (Å²) in [4.78, 5) is 12.6. The zero-order chi connectivity index (χ0) is 11.9. The van der Waals surface area contributed by atoms with Crippen LogP contribution in [0.15, 0.2) is 12.1 Å². The lowest BCUT2D eigenvalue weighted by atomic mass is 10.1. The quantitative estimate of drug-likeness (QED) is 0.767. The summed E-state index contributed by atoms with van der Waals surface area (Å²) in [5.41, 5.74) is 6.20. The van der Waals surface area contributed by atoms with Gasteiger partial charge in [0, 0.05) is 19.2 Å². The predicted octanol–water partition coefficient (Wildman–Crippen LogP) is 1.70. The molecule has 0 atom stereocenters. The highest BCUT2D eigenvalue weighted by molar-refractivity contribution is 5.91. The summed E-state index contributed by atoms with van der Waals surface area (Å²) < 4.78 is 13.5. The van der Waals surface area contributed by atoms with Crippen molar-refractivity contribution in [1.82, 2.24) is 0 Å². The minimum atomic E-state index is -1.30. The van der Waals surface area contributed by atoms with Crippen LogP contribution in [0.2, 0.25) is 0 Å². The Kier molecular flexibility index (Phi) is 2.46. The zero-order valence-electron chi connectivity index (χ0n) is 8.90. The first-order valence-electron chi connectivity index (χ1n) is 5.06. The van der Waals surface area contributed by atoms with E-state index in [1.807, 2.05) is 11.9 Å². The number of aromatic carboxylic acids is 1. The van der Waals surface area contributed by atoms with Crippen molar-refractivity contribution in [2.24, 2.45) is 0 Å². The molecule has 0 aromatic heterocycles. The number of carboxylic acids is 1. The van der Waals surface area contributed by atoms with Crippen molar-refractivity contribution < 1.29 is 14.3 Å². The summed E-state index contributed by atoms with van der Waals surface area (Å²) in [6.45, 7) is 0. The SMILES string of the molecule is CN(c1cc(F)c(C(=O)O)cc1N)C1CC1. The van der Waals surface area contributed by atoms with Crippen LogP contribution < -0.4 is 10.6 Å². The van der Waals surface area contributed by atoms with Crippen molar-refractivity contribution in [3.05, 3.63) is 23.5 Å². The Morgan fingerprint density at radius 3 is 2.69 bits per heavy atom. The van der Waals surface area contributed by atoms with Gasteiger partial charge in [-0.3, -0.25) is 0 Å². The number of hydrogen-bond donors (Lipinski definition) is 2. The van der Waals surface area contributed by atoms with Gasteiger partial charge in [-0.05, 0) is 18.9 Å². The molecule has 1 aromatic carbocycles. The first kappa shape index (κ1) is 10.7. The molecule has 1 saturated carbocycles. The molecule has 0 heterocycles. The molecule has 0 amide bonds. The number of hydrogen-bond acceptors (Lipinski definition) is 3. The summed E-state index contributed by atoms with van der Waals surface area (Å²) in [5.74, 6) is -2.05. The van der Waals surface area contributed by atoms with Crippen LogP contribution in [0, 0.1) is 5.82 Å². The van der Waals surface area contributed by atoms with Gasteiger partial charge in [0.15, 0.2) is 0 Å². The van der Waals surface area contributed by atoms with Gasteiger partial charge in [-0.15, -0.1) is 0 Å². The van der Waals surface area contributed by atoms with Crippen LogP contribution in [0.5, 0.6) is 0 Å².